The summed E-state index contributed by atoms with van der Waals surface area (Å²) in [6.45, 7) is 8.42. The molecule has 0 N–H and O–H groups in total. The van der Waals surface area contributed by atoms with Crippen molar-refractivity contribution in [3.63, 3.8) is 0 Å². The zero-order valence-electron chi connectivity index (χ0n) is 10.9. The van der Waals surface area contributed by atoms with Gasteiger partial charge in [0.25, 0.3) is 0 Å². The lowest BCUT2D eigenvalue weighted by molar-refractivity contribution is -0.119. The fourth-order valence-corrected chi connectivity index (χ4v) is 2.06. The Hall–Kier alpha value is -1.26. The van der Waals surface area contributed by atoms with Crippen LogP contribution in [0, 0.1) is 0 Å². The molecule has 0 aromatic carbocycles. The van der Waals surface area contributed by atoms with Crippen LogP contribution < -0.4 is 0 Å². The van der Waals surface area contributed by atoms with Crippen LogP contribution in [0.15, 0.2) is 0 Å². The molecular weight excluding hydrogens is 218 g/mol. The van der Waals surface area contributed by atoms with Crippen molar-refractivity contribution in [1.82, 2.24) is 14.7 Å². The maximum absolute atomic E-state index is 12.2. The van der Waals surface area contributed by atoms with E-state index < -0.39 is 0 Å². The number of carbonyl (C=O) groups excluding carboxylic acids is 2. The molecule has 0 saturated carbocycles. The second kappa shape index (κ2) is 7.14. The first-order chi connectivity index (χ1) is 8.22. The highest BCUT2D eigenvalue weighted by Crippen LogP contribution is 2.06. The molecule has 1 aliphatic heterocycles. The molecule has 0 aliphatic carbocycles. The summed E-state index contributed by atoms with van der Waals surface area (Å²) >= 11 is 0. The van der Waals surface area contributed by atoms with Gasteiger partial charge in [-0.2, -0.15) is 0 Å². The van der Waals surface area contributed by atoms with E-state index in [1.54, 1.807) is 4.90 Å². The van der Waals surface area contributed by atoms with E-state index >= 15 is 0 Å². The molecule has 5 heteroatoms. The molecule has 3 amide bonds. The Morgan fingerprint density at radius 3 is 2.06 bits per heavy atom. The van der Waals surface area contributed by atoms with Gasteiger partial charge in [0.05, 0.1) is 0 Å². The van der Waals surface area contributed by atoms with Crippen molar-refractivity contribution >= 4 is 12.4 Å². The van der Waals surface area contributed by atoms with E-state index in [0.29, 0.717) is 26.2 Å². The van der Waals surface area contributed by atoms with Crippen LogP contribution >= 0.6 is 0 Å². The van der Waals surface area contributed by atoms with Gasteiger partial charge in [-0.25, -0.2) is 4.79 Å². The van der Waals surface area contributed by atoms with Crippen LogP contribution in [0.5, 0.6) is 0 Å². The van der Waals surface area contributed by atoms with Gasteiger partial charge in [0.15, 0.2) is 0 Å². The normalized spacial score (nSPS) is 15.9. The number of urea groups is 1. The molecule has 0 spiro atoms. The zero-order chi connectivity index (χ0) is 12.7. The molecule has 1 fully saturated rings. The summed E-state index contributed by atoms with van der Waals surface area (Å²) in [5, 5.41) is 0. The van der Waals surface area contributed by atoms with Crippen LogP contribution in [0.4, 0.5) is 4.79 Å². The van der Waals surface area contributed by atoms with E-state index in [0.717, 1.165) is 32.3 Å². The predicted octanol–water partition coefficient (Wildman–Crippen LogP) is 1.00. The summed E-state index contributed by atoms with van der Waals surface area (Å²) in [5.41, 5.74) is 0. The number of nitrogens with zero attached hydrogens (tertiary/aromatic N) is 3. The number of rotatable bonds is 5. The molecule has 0 aromatic rings. The molecule has 1 saturated heterocycles. The molecule has 5 nitrogen and oxygen atoms in total. The van der Waals surface area contributed by atoms with E-state index in [-0.39, 0.29) is 6.03 Å². The number of carbonyl (C=O) groups is 2. The predicted molar refractivity (Wildman–Crippen MR) is 66.8 cm³/mol. The Balaban J connectivity index is 2.47. The molecule has 0 radical (unpaired) electrons. The summed E-state index contributed by atoms with van der Waals surface area (Å²) in [7, 11) is 0. The Morgan fingerprint density at radius 2 is 1.65 bits per heavy atom. The minimum Gasteiger partial charge on any atom is -0.342 e. The standard InChI is InChI=1S/C12H23N3O2/c1-3-5-14(6-4-2)12(17)15-9-7-13(11-16)8-10-15/h11H,3-10H2,1-2H3. The summed E-state index contributed by atoms with van der Waals surface area (Å²) in [6, 6.07) is 0.124. The second-order valence-electron chi connectivity index (χ2n) is 4.40. The zero-order valence-corrected chi connectivity index (χ0v) is 10.9. The van der Waals surface area contributed by atoms with Crippen molar-refractivity contribution in [2.24, 2.45) is 0 Å². The van der Waals surface area contributed by atoms with Crippen LogP contribution in [-0.2, 0) is 4.79 Å². The van der Waals surface area contributed by atoms with Crippen LogP contribution in [-0.4, -0.2) is 66.4 Å². The van der Waals surface area contributed by atoms with E-state index in [1.165, 1.54) is 0 Å². The van der Waals surface area contributed by atoms with Crippen LogP contribution in [0.3, 0.4) is 0 Å². The van der Waals surface area contributed by atoms with E-state index in [9.17, 15) is 9.59 Å². The maximum Gasteiger partial charge on any atom is 0.320 e. The fourth-order valence-electron chi connectivity index (χ4n) is 2.06. The molecule has 1 rings (SSSR count). The summed E-state index contributed by atoms with van der Waals surface area (Å²) in [5.74, 6) is 0. The third-order valence-electron chi connectivity index (χ3n) is 2.99. The molecular formula is C12H23N3O2. The number of amides is 3. The SMILES string of the molecule is CCCN(CCC)C(=O)N1CCN(C=O)CC1. The van der Waals surface area contributed by atoms with Gasteiger partial charge < -0.3 is 14.7 Å². The van der Waals surface area contributed by atoms with Gasteiger partial charge in [0.2, 0.25) is 6.41 Å². The molecule has 0 aromatic heterocycles. The van der Waals surface area contributed by atoms with Crippen molar-refractivity contribution in [3.05, 3.63) is 0 Å². The van der Waals surface area contributed by atoms with E-state index in [4.69, 9.17) is 0 Å². The van der Waals surface area contributed by atoms with Gasteiger partial charge in [-0.1, -0.05) is 13.8 Å². The Bertz CT molecular complexity index is 244. The molecule has 1 heterocycles. The smallest absolute Gasteiger partial charge is 0.320 e. The minimum atomic E-state index is 0.124. The summed E-state index contributed by atoms with van der Waals surface area (Å²) in [4.78, 5) is 28.3. The Morgan fingerprint density at radius 1 is 1.12 bits per heavy atom. The van der Waals surface area contributed by atoms with Crippen molar-refractivity contribution in [2.75, 3.05) is 39.3 Å². The third kappa shape index (κ3) is 3.91. The van der Waals surface area contributed by atoms with Gasteiger partial charge in [-0.05, 0) is 12.8 Å². The lowest BCUT2D eigenvalue weighted by atomic mass is 10.3. The molecule has 17 heavy (non-hydrogen) atoms. The number of hydrogen-bond acceptors (Lipinski definition) is 2. The van der Waals surface area contributed by atoms with Crippen LogP contribution in [0.2, 0.25) is 0 Å². The van der Waals surface area contributed by atoms with Gasteiger partial charge in [-0.3, -0.25) is 4.79 Å². The molecule has 0 atom stereocenters. The quantitative estimate of drug-likeness (QED) is 0.674. The Labute approximate surface area is 103 Å². The van der Waals surface area contributed by atoms with Gasteiger partial charge in [0.1, 0.15) is 0 Å². The average Bonchev–Trinajstić information content (AvgIpc) is 2.38. The topological polar surface area (TPSA) is 43.9 Å². The largest absolute Gasteiger partial charge is 0.342 e. The maximum atomic E-state index is 12.2. The lowest BCUT2D eigenvalue weighted by Crippen LogP contribution is -2.52. The lowest BCUT2D eigenvalue weighted by Gasteiger charge is -2.36. The molecule has 1 aliphatic rings. The first-order valence-electron chi connectivity index (χ1n) is 6.46. The Kier molecular flexibility index (Phi) is 5.80. The summed E-state index contributed by atoms with van der Waals surface area (Å²) in [6.07, 6.45) is 2.83. The van der Waals surface area contributed by atoms with Crippen molar-refractivity contribution in [2.45, 2.75) is 26.7 Å². The molecule has 98 valence electrons. The average molecular weight is 241 g/mol. The monoisotopic (exact) mass is 241 g/mol. The van der Waals surface area contributed by atoms with Crippen molar-refractivity contribution in [1.29, 1.82) is 0 Å². The number of hydrogen-bond donors (Lipinski definition) is 0. The van der Waals surface area contributed by atoms with Gasteiger partial charge in [-0.15, -0.1) is 0 Å². The second-order valence-corrected chi connectivity index (χ2v) is 4.40. The first kappa shape index (κ1) is 13.8. The van der Waals surface area contributed by atoms with Crippen molar-refractivity contribution in [3.8, 4) is 0 Å². The van der Waals surface area contributed by atoms with Crippen LogP contribution in [0.25, 0.3) is 0 Å². The van der Waals surface area contributed by atoms with E-state index in [1.807, 2.05) is 9.80 Å². The van der Waals surface area contributed by atoms with Gasteiger partial charge in [0, 0.05) is 39.3 Å². The minimum absolute atomic E-state index is 0.124. The van der Waals surface area contributed by atoms with Gasteiger partial charge >= 0.3 is 6.03 Å². The van der Waals surface area contributed by atoms with Crippen molar-refractivity contribution < 1.29 is 9.59 Å². The molecule has 0 unspecified atom stereocenters. The third-order valence-corrected chi connectivity index (χ3v) is 2.99. The highest BCUT2D eigenvalue weighted by atomic mass is 16.2. The highest BCUT2D eigenvalue weighted by molar-refractivity contribution is 5.74. The first-order valence-corrected chi connectivity index (χ1v) is 6.46. The fraction of sp³-hybridized carbons (Fsp3) is 0.833. The van der Waals surface area contributed by atoms with Crippen LogP contribution in [0.1, 0.15) is 26.7 Å². The van der Waals surface area contributed by atoms with E-state index in [2.05, 4.69) is 13.8 Å². The number of piperazine rings is 1. The molecule has 0 bridgehead atoms. The summed E-state index contributed by atoms with van der Waals surface area (Å²) < 4.78 is 0. The highest BCUT2D eigenvalue weighted by Gasteiger charge is 2.23.